The van der Waals surface area contributed by atoms with Crippen LogP contribution >= 0.6 is 0 Å². The molecule has 1 aliphatic carbocycles. The first-order chi connectivity index (χ1) is 8.20. The second-order valence-electron chi connectivity index (χ2n) is 4.89. The summed E-state index contributed by atoms with van der Waals surface area (Å²) >= 11 is 0. The molecule has 0 aromatic rings. The molecule has 2 N–H and O–H groups in total. The van der Waals surface area contributed by atoms with Crippen molar-refractivity contribution in [2.75, 3.05) is 19.7 Å². The van der Waals surface area contributed by atoms with Crippen molar-refractivity contribution in [2.45, 2.75) is 38.3 Å². The van der Waals surface area contributed by atoms with Gasteiger partial charge in [-0.25, -0.2) is 0 Å². The van der Waals surface area contributed by atoms with Crippen LogP contribution in [0.1, 0.15) is 26.2 Å². The van der Waals surface area contributed by atoms with Gasteiger partial charge in [-0.1, -0.05) is 12.2 Å². The van der Waals surface area contributed by atoms with Gasteiger partial charge in [0.05, 0.1) is 12.0 Å². The number of rotatable bonds is 3. The van der Waals surface area contributed by atoms with Crippen LogP contribution < -0.4 is 5.73 Å². The van der Waals surface area contributed by atoms with Crippen molar-refractivity contribution in [3.05, 3.63) is 12.2 Å². The van der Waals surface area contributed by atoms with Crippen LogP contribution in [0.3, 0.4) is 0 Å². The maximum atomic E-state index is 12.3. The number of nitrogens with two attached hydrogens (primary N) is 1. The van der Waals surface area contributed by atoms with Gasteiger partial charge in [-0.2, -0.15) is 0 Å². The molecule has 4 heteroatoms. The number of likely N-dealkylation sites (tertiary alicyclic amines) is 1. The Labute approximate surface area is 103 Å². The topological polar surface area (TPSA) is 55.6 Å². The van der Waals surface area contributed by atoms with Crippen molar-refractivity contribution in [3.8, 4) is 0 Å². The molecular weight excluding hydrogens is 216 g/mol. The molecule has 2 rings (SSSR count). The Morgan fingerprint density at radius 2 is 2.35 bits per heavy atom. The number of hydrogen-bond donors (Lipinski definition) is 1. The minimum Gasteiger partial charge on any atom is -0.377 e. The molecule has 3 atom stereocenters. The number of carbonyl (C=O) groups excluding carboxylic acids is 1. The Kier molecular flexibility index (Phi) is 4.18. The highest BCUT2D eigenvalue weighted by Gasteiger charge is 2.30. The molecule has 1 heterocycles. The van der Waals surface area contributed by atoms with Crippen LogP contribution in [-0.4, -0.2) is 42.6 Å². The van der Waals surface area contributed by atoms with E-state index in [-0.39, 0.29) is 24.0 Å². The lowest BCUT2D eigenvalue weighted by atomic mass is 10.0. The molecule has 1 aliphatic heterocycles. The van der Waals surface area contributed by atoms with E-state index in [1.165, 1.54) is 0 Å². The number of hydrogen-bond acceptors (Lipinski definition) is 3. The largest absolute Gasteiger partial charge is 0.377 e. The van der Waals surface area contributed by atoms with Gasteiger partial charge in [-0.05, 0) is 26.2 Å². The highest BCUT2D eigenvalue weighted by Crippen LogP contribution is 2.22. The molecule has 1 fully saturated rings. The summed E-state index contributed by atoms with van der Waals surface area (Å²) in [6.07, 6.45) is 6.98. The summed E-state index contributed by atoms with van der Waals surface area (Å²) in [4.78, 5) is 14.2. The summed E-state index contributed by atoms with van der Waals surface area (Å²) in [5, 5.41) is 0. The molecular formula is C13H22N2O2. The van der Waals surface area contributed by atoms with E-state index in [2.05, 4.69) is 0 Å². The number of nitrogens with zero attached hydrogens (tertiary/aromatic N) is 1. The summed E-state index contributed by atoms with van der Waals surface area (Å²) in [5.74, 6) is 0.212. The molecule has 0 aromatic carbocycles. The fraction of sp³-hybridized carbons (Fsp3) is 0.769. The smallest absolute Gasteiger partial charge is 0.229 e. The Balaban J connectivity index is 1.88. The summed E-state index contributed by atoms with van der Waals surface area (Å²) < 4.78 is 5.61. The summed E-state index contributed by atoms with van der Waals surface area (Å²) in [6, 6.07) is 0.0522. The third-order valence-electron chi connectivity index (χ3n) is 3.53. The molecule has 0 saturated carbocycles. The zero-order valence-corrected chi connectivity index (χ0v) is 10.5. The van der Waals surface area contributed by atoms with Crippen LogP contribution in [0, 0.1) is 5.92 Å². The maximum absolute atomic E-state index is 12.3. The van der Waals surface area contributed by atoms with E-state index in [0.717, 1.165) is 39.0 Å². The number of amides is 1. The maximum Gasteiger partial charge on any atom is 0.229 e. The van der Waals surface area contributed by atoms with E-state index < -0.39 is 0 Å². The normalized spacial score (nSPS) is 33.1. The molecule has 17 heavy (non-hydrogen) atoms. The summed E-state index contributed by atoms with van der Waals surface area (Å²) in [7, 11) is 0. The van der Waals surface area contributed by atoms with Crippen LogP contribution in [0.25, 0.3) is 0 Å². The van der Waals surface area contributed by atoms with Gasteiger partial charge in [0, 0.05) is 25.7 Å². The SMILES string of the molecule is CCOC1CCCN(C(=O)C2C=CC(N)C2)C1. The predicted octanol–water partition coefficient (Wildman–Crippen LogP) is 0.917. The van der Waals surface area contributed by atoms with E-state index >= 15 is 0 Å². The van der Waals surface area contributed by atoms with Crippen molar-refractivity contribution in [2.24, 2.45) is 11.7 Å². The first-order valence-electron chi connectivity index (χ1n) is 6.55. The van der Waals surface area contributed by atoms with Gasteiger partial charge in [0.15, 0.2) is 0 Å². The van der Waals surface area contributed by atoms with Gasteiger partial charge in [0.2, 0.25) is 5.91 Å². The zero-order valence-electron chi connectivity index (χ0n) is 10.5. The van der Waals surface area contributed by atoms with E-state index in [1.54, 1.807) is 0 Å². The third-order valence-corrected chi connectivity index (χ3v) is 3.53. The lowest BCUT2D eigenvalue weighted by Gasteiger charge is -2.33. The highest BCUT2D eigenvalue weighted by atomic mass is 16.5. The number of piperidine rings is 1. The van der Waals surface area contributed by atoms with Crippen LogP contribution in [0.4, 0.5) is 0 Å². The molecule has 1 saturated heterocycles. The van der Waals surface area contributed by atoms with Crippen molar-refractivity contribution >= 4 is 5.91 Å². The van der Waals surface area contributed by atoms with Crippen LogP contribution in [0.5, 0.6) is 0 Å². The second kappa shape index (κ2) is 5.65. The van der Waals surface area contributed by atoms with Crippen LogP contribution in [0.2, 0.25) is 0 Å². The summed E-state index contributed by atoms with van der Waals surface area (Å²) in [6.45, 7) is 4.33. The third kappa shape index (κ3) is 3.07. The Morgan fingerprint density at radius 3 is 3.00 bits per heavy atom. The molecule has 0 bridgehead atoms. The molecule has 2 aliphatic rings. The molecule has 0 radical (unpaired) electrons. The Morgan fingerprint density at radius 1 is 1.53 bits per heavy atom. The molecule has 3 unspecified atom stereocenters. The molecule has 0 aromatic heterocycles. The molecule has 4 nitrogen and oxygen atoms in total. The van der Waals surface area contributed by atoms with E-state index in [4.69, 9.17) is 10.5 Å². The van der Waals surface area contributed by atoms with Crippen molar-refractivity contribution in [3.63, 3.8) is 0 Å². The van der Waals surface area contributed by atoms with Gasteiger partial charge in [0.1, 0.15) is 0 Å². The average Bonchev–Trinajstić information content (AvgIpc) is 2.76. The minimum absolute atomic E-state index is 0.00891. The van der Waals surface area contributed by atoms with Crippen molar-refractivity contribution < 1.29 is 9.53 Å². The fourth-order valence-electron chi connectivity index (χ4n) is 2.65. The zero-order chi connectivity index (χ0) is 12.3. The van der Waals surface area contributed by atoms with E-state index in [0.29, 0.717) is 0 Å². The van der Waals surface area contributed by atoms with E-state index in [1.807, 2.05) is 24.0 Å². The van der Waals surface area contributed by atoms with Gasteiger partial charge in [-0.3, -0.25) is 4.79 Å². The van der Waals surface area contributed by atoms with Gasteiger partial charge < -0.3 is 15.4 Å². The van der Waals surface area contributed by atoms with Crippen molar-refractivity contribution in [1.29, 1.82) is 0 Å². The average molecular weight is 238 g/mol. The standard InChI is InChI=1S/C13H22N2O2/c1-2-17-12-4-3-7-15(9-12)13(16)10-5-6-11(14)8-10/h5-6,10-12H,2-4,7-9,14H2,1H3. The monoisotopic (exact) mass is 238 g/mol. The lowest BCUT2D eigenvalue weighted by Crippen LogP contribution is -2.45. The number of carbonyl (C=O) groups is 1. The van der Waals surface area contributed by atoms with Crippen molar-refractivity contribution in [1.82, 2.24) is 4.90 Å². The van der Waals surface area contributed by atoms with Gasteiger partial charge in [0.25, 0.3) is 0 Å². The molecule has 0 spiro atoms. The molecule has 96 valence electrons. The van der Waals surface area contributed by atoms with Crippen LogP contribution in [-0.2, 0) is 9.53 Å². The first kappa shape index (κ1) is 12.6. The Bertz CT molecular complexity index is 302. The first-order valence-corrected chi connectivity index (χ1v) is 6.55. The second-order valence-corrected chi connectivity index (χ2v) is 4.89. The minimum atomic E-state index is -0.00891. The quantitative estimate of drug-likeness (QED) is 0.744. The predicted molar refractivity (Wildman–Crippen MR) is 66.5 cm³/mol. The van der Waals surface area contributed by atoms with Crippen LogP contribution in [0.15, 0.2) is 12.2 Å². The lowest BCUT2D eigenvalue weighted by molar-refractivity contribution is -0.138. The fourth-order valence-corrected chi connectivity index (χ4v) is 2.65. The van der Waals surface area contributed by atoms with Gasteiger partial charge >= 0.3 is 0 Å². The number of ether oxygens (including phenoxy) is 1. The highest BCUT2D eigenvalue weighted by molar-refractivity contribution is 5.81. The summed E-state index contributed by atoms with van der Waals surface area (Å²) in [5.41, 5.74) is 5.79. The Hall–Kier alpha value is -0.870. The van der Waals surface area contributed by atoms with Gasteiger partial charge in [-0.15, -0.1) is 0 Å². The molecule has 1 amide bonds. The van der Waals surface area contributed by atoms with E-state index in [9.17, 15) is 4.79 Å².